The molecule has 3 N–H and O–H groups in total. The number of esters is 2. The second-order valence-corrected chi connectivity index (χ2v) is 17.3. The van der Waals surface area contributed by atoms with E-state index in [1.807, 2.05) is 0 Å². The molecule has 55 heavy (non-hydrogen) atoms. The van der Waals surface area contributed by atoms with Gasteiger partial charge in [0.2, 0.25) is 0 Å². The number of carbonyl (C=O) groups is 2. The van der Waals surface area contributed by atoms with E-state index < -0.39 is 51.8 Å². The molecule has 0 aliphatic heterocycles. The number of aliphatic hydroxyl groups is 2. The lowest BCUT2D eigenvalue weighted by molar-refractivity contribution is -0.161. The molecule has 0 saturated carbocycles. The molecule has 0 aromatic carbocycles. The van der Waals surface area contributed by atoms with Crippen LogP contribution in [0, 0.1) is 0 Å². The minimum absolute atomic E-state index is 0.192. The Labute approximate surface area is 337 Å². The number of aliphatic hydroxyl groups excluding tert-OH is 2. The number of phosphoric ester groups is 1. The maximum absolute atomic E-state index is 12.6. The summed E-state index contributed by atoms with van der Waals surface area (Å²) >= 11 is 0. The summed E-state index contributed by atoms with van der Waals surface area (Å²) in [6, 6.07) is 0. The van der Waals surface area contributed by atoms with Gasteiger partial charge in [0.1, 0.15) is 12.7 Å². The quantitative estimate of drug-likeness (QED) is 0.0308. The van der Waals surface area contributed by atoms with Crippen molar-refractivity contribution in [1.29, 1.82) is 0 Å². The fourth-order valence-electron chi connectivity index (χ4n) is 6.70. The third kappa shape index (κ3) is 40.9. The lowest BCUT2D eigenvalue weighted by Gasteiger charge is -2.20. The summed E-state index contributed by atoms with van der Waals surface area (Å²) in [5.74, 6) is -0.907. The number of carbonyl (C=O) groups excluding carboxylic acids is 2. The van der Waals surface area contributed by atoms with Gasteiger partial charge in [-0.3, -0.25) is 18.6 Å². The number of ether oxygens (including phenoxy) is 2. The van der Waals surface area contributed by atoms with Gasteiger partial charge >= 0.3 is 19.8 Å². The Bertz CT molecular complexity index is 889. The summed E-state index contributed by atoms with van der Waals surface area (Å²) in [6.45, 7) is 2.43. The van der Waals surface area contributed by atoms with Crippen molar-refractivity contribution in [3.63, 3.8) is 0 Å². The molecule has 0 heterocycles. The van der Waals surface area contributed by atoms with E-state index in [9.17, 15) is 24.2 Å². The normalized spacial score (nSPS) is 13.8. The van der Waals surface area contributed by atoms with Crippen LogP contribution in [0.3, 0.4) is 0 Å². The summed E-state index contributed by atoms with van der Waals surface area (Å²) in [6.07, 6.45) is 37.8. The van der Waals surface area contributed by atoms with Crippen molar-refractivity contribution in [2.24, 2.45) is 0 Å². The van der Waals surface area contributed by atoms with E-state index in [0.29, 0.717) is 12.8 Å². The third-order valence-corrected chi connectivity index (χ3v) is 11.2. The zero-order valence-electron chi connectivity index (χ0n) is 35.7. The van der Waals surface area contributed by atoms with Gasteiger partial charge in [-0.1, -0.05) is 206 Å². The maximum atomic E-state index is 12.6. The summed E-state index contributed by atoms with van der Waals surface area (Å²) < 4.78 is 32.8. The molecule has 10 nitrogen and oxygen atoms in total. The van der Waals surface area contributed by atoms with Gasteiger partial charge in [0.15, 0.2) is 6.10 Å². The molecule has 0 amide bonds. The second kappa shape index (κ2) is 41.1. The summed E-state index contributed by atoms with van der Waals surface area (Å²) in [5.41, 5.74) is 0. The number of hydrogen-bond acceptors (Lipinski definition) is 9. The molecule has 3 atom stereocenters. The molecule has 1 unspecified atom stereocenters. The van der Waals surface area contributed by atoms with E-state index in [2.05, 4.69) is 13.8 Å². The number of rotatable bonds is 44. The molecule has 0 aromatic rings. The first-order chi connectivity index (χ1) is 26.7. The van der Waals surface area contributed by atoms with Crippen molar-refractivity contribution in [2.45, 2.75) is 244 Å². The van der Waals surface area contributed by atoms with Crippen LogP contribution in [-0.4, -0.2) is 65.7 Å². The topological polar surface area (TPSA) is 149 Å². The minimum atomic E-state index is -4.61. The summed E-state index contributed by atoms with van der Waals surface area (Å²) in [7, 11) is -4.61. The van der Waals surface area contributed by atoms with Crippen LogP contribution in [0.2, 0.25) is 0 Å². The molecule has 0 saturated heterocycles. The molecular weight excluding hydrogens is 719 g/mol. The molecule has 0 fully saturated rings. The first-order valence-corrected chi connectivity index (χ1v) is 24.5. The van der Waals surface area contributed by atoms with Crippen LogP contribution >= 0.6 is 7.82 Å². The fourth-order valence-corrected chi connectivity index (χ4v) is 7.49. The molecule has 11 heteroatoms. The van der Waals surface area contributed by atoms with E-state index in [0.717, 1.165) is 32.1 Å². The first kappa shape index (κ1) is 54.0. The molecule has 0 rings (SSSR count). The lowest BCUT2D eigenvalue weighted by atomic mass is 10.0. The van der Waals surface area contributed by atoms with Crippen molar-refractivity contribution >= 4 is 19.8 Å². The average Bonchev–Trinajstić information content (AvgIpc) is 3.17. The molecule has 0 aliphatic carbocycles. The number of unbranched alkanes of at least 4 members (excludes halogenated alkanes) is 30. The molecule has 0 bridgehead atoms. The Morgan fingerprint density at radius 2 is 0.782 bits per heavy atom. The molecule has 0 radical (unpaired) electrons. The highest BCUT2D eigenvalue weighted by atomic mass is 31.2. The van der Waals surface area contributed by atoms with E-state index in [-0.39, 0.29) is 19.4 Å². The Morgan fingerprint density at radius 3 is 1.13 bits per heavy atom. The van der Waals surface area contributed by atoms with Gasteiger partial charge in [0.05, 0.1) is 19.8 Å². The third-order valence-electron chi connectivity index (χ3n) is 10.3. The highest BCUT2D eigenvalue weighted by Crippen LogP contribution is 2.43. The van der Waals surface area contributed by atoms with Crippen LogP contribution < -0.4 is 0 Å². The zero-order valence-corrected chi connectivity index (χ0v) is 36.6. The zero-order chi connectivity index (χ0) is 40.5. The predicted molar refractivity (Wildman–Crippen MR) is 224 cm³/mol. The lowest BCUT2D eigenvalue weighted by Crippen LogP contribution is -2.29. The van der Waals surface area contributed by atoms with Gasteiger partial charge in [0, 0.05) is 12.8 Å². The molecular formula is C44H87O10P. The minimum Gasteiger partial charge on any atom is -0.462 e. The van der Waals surface area contributed by atoms with E-state index in [1.54, 1.807) is 0 Å². The molecule has 0 spiro atoms. The van der Waals surface area contributed by atoms with Crippen molar-refractivity contribution < 1.29 is 47.8 Å². The van der Waals surface area contributed by atoms with Gasteiger partial charge in [-0.15, -0.1) is 0 Å². The maximum Gasteiger partial charge on any atom is 0.472 e. The Morgan fingerprint density at radius 1 is 0.473 bits per heavy atom. The standard InChI is InChI=1S/C44H87O10P/c1-3-5-7-9-11-13-15-17-19-20-22-23-25-27-29-31-33-35-43(47)51-39-42(40-53-55(49,50)52-38-41(46)37-45)54-44(48)36-34-32-30-28-26-24-21-18-16-14-12-10-8-6-4-2/h41-42,45-46H,3-40H2,1-2H3,(H,49,50)/t41-,42+/m0/s1. The molecule has 328 valence electrons. The van der Waals surface area contributed by atoms with Gasteiger partial charge in [-0.2, -0.15) is 0 Å². The van der Waals surface area contributed by atoms with Crippen molar-refractivity contribution in [1.82, 2.24) is 0 Å². The van der Waals surface area contributed by atoms with Gasteiger partial charge in [0.25, 0.3) is 0 Å². The van der Waals surface area contributed by atoms with Gasteiger partial charge in [-0.25, -0.2) is 4.57 Å². The number of phosphoric acid groups is 1. The molecule has 0 aromatic heterocycles. The van der Waals surface area contributed by atoms with Crippen LogP contribution in [-0.2, 0) is 32.7 Å². The van der Waals surface area contributed by atoms with Crippen LogP contribution in [0.4, 0.5) is 0 Å². The second-order valence-electron chi connectivity index (χ2n) is 15.8. The molecule has 0 aliphatic rings. The van der Waals surface area contributed by atoms with Crippen LogP contribution in [0.5, 0.6) is 0 Å². The van der Waals surface area contributed by atoms with Crippen molar-refractivity contribution in [2.75, 3.05) is 26.4 Å². The largest absolute Gasteiger partial charge is 0.472 e. The van der Waals surface area contributed by atoms with E-state index in [4.69, 9.17) is 23.6 Å². The fraction of sp³-hybridized carbons (Fsp3) is 0.955. The summed E-state index contributed by atoms with van der Waals surface area (Å²) in [5, 5.41) is 18.3. The highest BCUT2D eigenvalue weighted by Gasteiger charge is 2.27. The SMILES string of the molecule is CCCCCCCCCCCCCCCCCCCC(=O)OC[C@H](COP(=O)(O)OC[C@@H](O)CO)OC(=O)CCCCCCCCCCCCCCCCC. The smallest absolute Gasteiger partial charge is 0.462 e. The van der Waals surface area contributed by atoms with E-state index in [1.165, 1.54) is 161 Å². The monoisotopic (exact) mass is 807 g/mol. The number of hydrogen-bond donors (Lipinski definition) is 3. The van der Waals surface area contributed by atoms with Crippen molar-refractivity contribution in [3.8, 4) is 0 Å². The van der Waals surface area contributed by atoms with E-state index >= 15 is 0 Å². The Kier molecular flexibility index (Phi) is 40.4. The predicted octanol–water partition coefficient (Wildman–Crippen LogP) is 12.2. The van der Waals surface area contributed by atoms with Crippen molar-refractivity contribution in [3.05, 3.63) is 0 Å². The van der Waals surface area contributed by atoms with Crippen LogP contribution in [0.25, 0.3) is 0 Å². The van der Waals surface area contributed by atoms with Crippen LogP contribution in [0.1, 0.15) is 232 Å². The van der Waals surface area contributed by atoms with Gasteiger partial charge < -0.3 is 24.6 Å². The van der Waals surface area contributed by atoms with Crippen LogP contribution in [0.15, 0.2) is 0 Å². The summed E-state index contributed by atoms with van der Waals surface area (Å²) in [4.78, 5) is 35.0. The Balaban J connectivity index is 4.20. The Hall–Kier alpha value is -1.03. The average molecular weight is 807 g/mol. The van der Waals surface area contributed by atoms with Gasteiger partial charge in [-0.05, 0) is 12.8 Å². The highest BCUT2D eigenvalue weighted by molar-refractivity contribution is 7.47. The first-order valence-electron chi connectivity index (χ1n) is 23.0.